The fourth-order valence-corrected chi connectivity index (χ4v) is 2.17. The summed E-state index contributed by atoms with van der Waals surface area (Å²) in [5.74, 6) is 0.711. The van der Waals surface area contributed by atoms with Crippen molar-refractivity contribution in [3.8, 4) is 0 Å². The Labute approximate surface area is 109 Å². The van der Waals surface area contributed by atoms with E-state index in [1.165, 1.54) is 7.11 Å². The van der Waals surface area contributed by atoms with Crippen molar-refractivity contribution in [3.63, 3.8) is 0 Å². The lowest BCUT2D eigenvalue weighted by molar-refractivity contribution is -0.148. The number of hydrogen-bond acceptors (Lipinski definition) is 4. The monoisotopic (exact) mass is 253 g/mol. The lowest BCUT2D eigenvalue weighted by Gasteiger charge is -2.31. The Bertz CT molecular complexity index is 401. The van der Waals surface area contributed by atoms with Crippen LogP contribution < -0.4 is 5.32 Å². The predicted octanol–water partition coefficient (Wildman–Crippen LogP) is 1.38. The van der Waals surface area contributed by atoms with Crippen LogP contribution in [0.1, 0.15) is 33.5 Å². The van der Waals surface area contributed by atoms with Crippen molar-refractivity contribution in [1.29, 1.82) is 0 Å². The summed E-state index contributed by atoms with van der Waals surface area (Å²) in [5, 5.41) is 3.27. The molecule has 1 rings (SSSR count). The van der Waals surface area contributed by atoms with Gasteiger partial charge in [0.25, 0.3) is 0 Å². The van der Waals surface area contributed by atoms with Gasteiger partial charge in [0.2, 0.25) is 0 Å². The zero-order valence-corrected chi connectivity index (χ0v) is 11.9. The van der Waals surface area contributed by atoms with E-state index in [9.17, 15) is 4.79 Å². The normalized spacial score (nSPS) is 14.6. The van der Waals surface area contributed by atoms with E-state index >= 15 is 0 Å². The Morgan fingerprint density at radius 3 is 2.78 bits per heavy atom. The Balaban J connectivity index is 2.94. The van der Waals surface area contributed by atoms with Crippen LogP contribution in [0.2, 0.25) is 0 Å². The van der Waals surface area contributed by atoms with Gasteiger partial charge in [0.1, 0.15) is 11.4 Å². The van der Waals surface area contributed by atoms with Gasteiger partial charge in [0.15, 0.2) is 0 Å². The summed E-state index contributed by atoms with van der Waals surface area (Å²) in [7, 11) is 1.41. The largest absolute Gasteiger partial charge is 0.468 e. The van der Waals surface area contributed by atoms with Gasteiger partial charge < -0.3 is 9.30 Å². The van der Waals surface area contributed by atoms with E-state index < -0.39 is 5.54 Å². The van der Waals surface area contributed by atoms with E-state index in [0.717, 1.165) is 12.2 Å². The number of carbonyl (C=O) groups excluding carboxylic acids is 1. The molecule has 5 nitrogen and oxygen atoms in total. The maximum Gasteiger partial charge on any atom is 0.327 e. The summed E-state index contributed by atoms with van der Waals surface area (Å²) in [6.07, 6.45) is 4.49. The van der Waals surface area contributed by atoms with Gasteiger partial charge in [-0.1, -0.05) is 6.92 Å². The zero-order valence-electron chi connectivity index (χ0n) is 11.9. The number of aromatic nitrogens is 2. The summed E-state index contributed by atoms with van der Waals surface area (Å²) in [4.78, 5) is 16.2. The third-order valence-electron chi connectivity index (χ3n) is 2.85. The number of methoxy groups -OCH3 is 1. The van der Waals surface area contributed by atoms with E-state index in [1.807, 2.05) is 38.5 Å². The van der Waals surface area contributed by atoms with Crippen LogP contribution in [0.4, 0.5) is 0 Å². The highest BCUT2D eigenvalue weighted by Crippen LogP contribution is 2.13. The van der Waals surface area contributed by atoms with Crippen LogP contribution >= 0.6 is 0 Å². The van der Waals surface area contributed by atoms with Crippen LogP contribution in [0, 0.1) is 0 Å². The molecule has 0 aliphatic rings. The average molecular weight is 253 g/mol. The van der Waals surface area contributed by atoms with Gasteiger partial charge in [0.05, 0.1) is 13.7 Å². The number of nitrogens with one attached hydrogen (secondary N) is 1. The molecule has 1 aromatic rings. The fraction of sp³-hybridized carbons (Fsp3) is 0.692. The molecule has 0 fully saturated rings. The molecule has 0 aromatic carbocycles. The highest BCUT2D eigenvalue weighted by molar-refractivity contribution is 5.80. The van der Waals surface area contributed by atoms with Gasteiger partial charge in [-0.05, 0) is 20.8 Å². The quantitative estimate of drug-likeness (QED) is 0.778. The zero-order chi connectivity index (χ0) is 13.8. The van der Waals surface area contributed by atoms with Crippen molar-refractivity contribution >= 4 is 5.97 Å². The molecular weight excluding hydrogens is 230 g/mol. The molecule has 0 aliphatic heterocycles. The minimum Gasteiger partial charge on any atom is -0.468 e. The van der Waals surface area contributed by atoms with Crippen molar-refractivity contribution in [2.45, 2.75) is 52.2 Å². The number of imidazole rings is 1. The standard InChI is InChI=1S/C13H23N3O2/c1-6-11-14-7-8-16(11)9-13(4,12(17)18-5)15-10(2)3/h7-8,10,15H,6,9H2,1-5H3. The molecule has 18 heavy (non-hydrogen) atoms. The van der Waals surface area contributed by atoms with Gasteiger partial charge in [-0.3, -0.25) is 5.32 Å². The molecule has 1 atom stereocenters. The van der Waals surface area contributed by atoms with Gasteiger partial charge in [-0.25, -0.2) is 9.78 Å². The van der Waals surface area contributed by atoms with Crippen LogP contribution in [0.3, 0.4) is 0 Å². The molecule has 0 amide bonds. The number of rotatable bonds is 6. The van der Waals surface area contributed by atoms with Crippen molar-refractivity contribution in [2.75, 3.05) is 7.11 Å². The summed E-state index contributed by atoms with van der Waals surface area (Å²) < 4.78 is 6.90. The van der Waals surface area contributed by atoms with Gasteiger partial charge in [-0.2, -0.15) is 0 Å². The molecule has 0 aliphatic carbocycles. The molecule has 0 saturated carbocycles. The van der Waals surface area contributed by atoms with Crippen molar-refractivity contribution in [1.82, 2.24) is 14.9 Å². The molecule has 0 radical (unpaired) electrons. The predicted molar refractivity (Wildman–Crippen MR) is 70.3 cm³/mol. The highest BCUT2D eigenvalue weighted by atomic mass is 16.5. The molecule has 1 N–H and O–H groups in total. The molecule has 5 heteroatoms. The summed E-state index contributed by atoms with van der Waals surface area (Å²) in [5.41, 5.74) is -0.743. The second-order valence-corrected chi connectivity index (χ2v) is 4.95. The van der Waals surface area contributed by atoms with Gasteiger partial charge in [-0.15, -0.1) is 0 Å². The summed E-state index contributed by atoms with van der Waals surface area (Å²) in [6.45, 7) is 8.44. The van der Waals surface area contributed by atoms with E-state index in [4.69, 9.17) is 4.74 Å². The van der Waals surface area contributed by atoms with E-state index in [-0.39, 0.29) is 12.0 Å². The smallest absolute Gasteiger partial charge is 0.327 e. The maximum absolute atomic E-state index is 12.0. The van der Waals surface area contributed by atoms with E-state index in [0.29, 0.717) is 6.54 Å². The minimum absolute atomic E-state index is 0.197. The number of ether oxygens (including phenoxy) is 1. The molecule has 1 aromatic heterocycles. The van der Waals surface area contributed by atoms with Crippen LogP contribution in [0.5, 0.6) is 0 Å². The fourth-order valence-electron chi connectivity index (χ4n) is 2.17. The SMILES string of the molecule is CCc1nccn1CC(C)(NC(C)C)C(=O)OC. The van der Waals surface area contributed by atoms with Crippen molar-refractivity contribution in [3.05, 3.63) is 18.2 Å². The Kier molecular flexibility index (Phi) is 4.90. The van der Waals surface area contributed by atoms with E-state index in [1.54, 1.807) is 6.20 Å². The number of aryl methyl sites for hydroxylation is 1. The molecule has 1 unspecified atom stereocenters. The van der Waals surface area contributed by atoms with Gasteiger partial charge in [0, 0.05) is 24.9 Å². The summed E-state index contributed by atoms with van der Waals surface area (Å²) >= 11 is 0. The van der Waals surface area contributed by atoms with E-state index in [2.05, 4.69) is 10.3 Å². The Hall–Kier alpha value is -1.36. The molecule has 0 bridgehead atoms. The molecule has 0 spiro atoms. The lowest BCUT2D eigenvalue weighted by atomic mass is 10.0. The number of esters is 1. The second kappa shape index (κ2) is 6.00. The van der Waals surface area contributed by atoms with Crippen LogP contribution in [-0.4, -0.2) is 34.2 Å². The lowest BCUT2D eigenvalue weighted by Crippen LogP contribution is -2.55. The van der Waals surface area contributed by atoms with Crippen LogP contribution in [0.15, 0.2) is 12.4 Å². The first kappa shape index (κ1) is 14.7. The third kappa shape index (κ3) is 3.32. The van der Waals surface area contributed by atoms with Crippen molar-refractivity contribution < 1.29 is 9.53 Å². The molecular formula is C13H23N3O2. The number of nitrogens with zero attached hydrogens (tertiary/aromatic N) is 2. The molecule has 102 valence electrons. The maximum atomic E-state index is 12.0. The second-order valence-electron chi connectivity index (χ2n) is 4.95. The average Bonchev–Trinajstić information content (AvgIpc) is 2.73. The number of carbonyl (C=O) groups is 1. The Morgan fingerprint density at radius 2 is 2.28 bits per heavy atom. The highest BCUT2D eigenvalue weighted by Gasteiger charge is 2.35. The summed E-state index contributed by atoms with van der Waals surface area (Å²) in [6, 6.07) is 0.197. The third-order valence-corrected chi connectivity index (χ3v) is 2.85. The topological polar surface area (TPSA) is 56.2 Å². The van der Waals surface area contributed by atoms with Crippen LogP contribution in [0.25, 0.3) is 0 Å². The van der Waals surface area contributed by atoms with Gasteiger partial charge >= 0.3 is 5.97 Å². The first-order valence-electron chi connectivity index (χ1n) is 6.29. The first-order valence-corrected chi connectivity index (χ1v) is 6.29. The van der Waals surface area contributed by atoms with Crippen LogP contribution in [-0.2, 0) is 22.5 Å². The molecule has 0 saturated heterocycles. The van der Waals surface area contributed by atoms with Crippen molar-refractivity contribution in [2.24, 2.45) is 0 Å². The first-order chi connectivity index (χ1) is 8.42. The molecule has 1 heterocycles. The minimum atomic E-state index is -0.743. The Morgan fingerprint density at radius 1 is 1.61 bits per heavy atom. The number of hydrogen-bond donors (Lipinski definition) is 1.